The van der Waals surface area contributed by atoms with E-state index in [1.165, 1.54) is 0 Å². The van der Waals surface area contributed by atoms with Crippen molar-refractivity contribution in [2.75, 3.05) is 30.7 Å². The van der Waals surface area contributed by atoms with Crippen LogP contribution in [0.1, 0.15) is 11.1 Å². The smallest absolute Gasteiger partial charge is 0.691 e. The molecule has 3 N–H and O–H groups in total. The van der Waals surface area contributed by atoms with Crippen molar-refractivity contribution in [1.29, 1.82) is 0 Å². The van der Waals surface area contributed by atoms with E-state index in [-0.39, 0.29) is 118 Å². The molecule has 0 aromatic heterocycles. The van der Waals surface area contributed by atoms with Crippen molar-refractivity contribution < 1.29 is 142 Å². The van der Waals surface area contributed by atoms with Crippen molar-refractivity contribution in [2.45, 2.75) is 23.6 Å². The van der Waals surface area contributed by atoms with Crippen molar-refractivity contribution in [3.8, 4) is 11.5 Å². The van der Waals surface area contributed by atoms with Gasteiger partial charge in [-0.2, -0.15) is 34.2 Å². The Hall–Kier alpha value is -3.53. The Labute approximate surface area is 441 Å². The number of fused-ring (bicyclic) bond motifs is 1. The maximum Gasteiger partial charge on any atom is 1.00 e. The number of ether oxygens (including phenoxy) is 2. The fourth-order valence-electron chi connectivity index (χ4n) is 5.35. The van der Waals surface area contributed by atoms with E-state index in [1.54, 1.807) is 103 Å². The average molecular weight is 935 g/mol. The van der Waals surface area contributed by atoms with Gasteiger partial charge >= 0.3 is 88.7 Å². The summed E-state index contributed by atoms with van der Waals surface area (Å²) in [5.74, 6) is -0.919. The summed E-state index contributed by atoms with van der Waals surface area (Å²) in [5.41, 5.74) is 5.86. The van der Waals surface area contributed by atoms with Gasteiger partial charge in [0.05, 0.1) is 70.0 Å². The third-order valence-electron chi connectivity index (χ3n) is 8.34. The van der Waals surface area contributed by atoms with E-state index in [4.69, 9.17) is 9.47 Å². The van der Waals surface area contributed by atoms with Crippen LogP contribution in [-0.2, 0) is 28.3 Å². The second kappa shape index (κ2) is 28.5. The maximum atomic E-state index is 11.3. The number of aryl methyl sites for hydroxylation is 2. The van der Waals surface area contributed by atoms with E-state index in [9.17, 15) is 25.5 Å². The van der Waals surface area contributed by atoms with Gasteiger partial charge in [-0.15, -0.1) is 5.11 Å². The van der Waals surface area contributed by atoms with Crippen LogP contribution in [0.25, 0.3) is 10.8 Å². The van der Waals surface area contributed by atoms with Crippen LogP contribution >= 0.6 is 24.1 Å². The molecule has 0 saturated heterocycles. The van der Waals surface area contributed by atoms with Gasteiger partial charge in [0.1, 0.15) is 18.2 Å². The molecule has 0 spiro atoms. The summed E-state index contributed by atoms with van der Waals surface area (Å²) >= 11 is 1.35. The monoisotopic (exact) mass is 934 g/mol. The number of anilines is 2. The molecule has 64 heavy (non-hydrogen) atoms. The van der Waals surface area contributed by atoms with E-state index in [0.29, 0.717) is 73.3 Å². The van der Waals surface area contributed by atoms with Gasteiger partial charge in [-0.3, -0.25) is 10.1 Å². The molecule has 0 aliphatic carbocycles. The summed E-state index contributed by atoms with van der Waals surface area (Å²) in [6.45, 7) is 3.30. The van der Waals surface area contributed by atoms with Crippen LogP contribution in [0, 0.1) is 13.8 Å². The number of azo groups is 3. The third-order valence-corrected chi connectivity index (χ3v) is 9.54. The van der Waals surface area contributed by atoms with E-state index in [2.05, 4.69) is 60.1 Å². The quantitative estimate of drug-likeness (QED) is 0.0156. The Morgan fingerprint density at radius 1 is 0.641 bits per heavy atom. The standard InChI is InChI=1S/C40H36N8O11S2.3Na/c1-24-18-36(25(2)17-35(24)46-45-29-5-3-28(4-6-29)43-44-30-9-14-33(15-10-30)60-58-56-52)47-48-39-37(61-59-57-53)20-26-19-31(11-16-34(26)40(39)51)42-23-55-32-12-7-27(8-13-32)41-22-54-21-38(49)50;;;/h3-20,41-42,51-53H,21-23H2,1-2H3,(H,49,50);;;/q;3*+1/p-3. The number of carboxylic acids is 1. The average Bonchev–Trinajstić information content (AvgIpc) is 3.27. The normalized spacial score (nSPS) is 11.1. The summed E-state index contributed by atoms with van der Waals surface area (Å²) in [4.78, 5) is 11.4. The number of benzene rings is 6. The van der Waals surface area contributed by atoms with Gasteiger partial charge in [-0.1, -0.05) is 0 Å². The minimum atomic E-state index is -1.30. The van der Waals surface area contributed by atoms with E-state index in [1.807, 2.05) is 19.9 Å². The largest absolute Gasteiger partial charge is 1.00 e. The molecular formula is C40H33N8Na3O11S2. The summed E-state index contributed by atoms with van der Waals surface area (Å²) < 4.78 is 19.6. The number of hydrogen-bond acceptors (Lipinski definition) is 21. The molecule has 0 aliphatic heterocycles. The molecule has 6 aromatic rings. The van der Waals surface area contributed by atoms with Crippen LogP contribution in [0.3, 0.4) is 0 Å². The van der Waals surface area contributed by atoms with Gasteiger partial charge in [0.15, 0.2) is 12.5 Å². The van der Waals surface area contributed by atoms with Crippen molar-refractivity contribution in [3.05, 3.63) is 120 Å². The molecule has 6 aromatic carbocycles. The SMILES string of the molecule is Cc1cc(N=Nc2c(SOO[O-])cc3cc(NCOc4ccc(NCOCC(=O)[O-])cc4)ccc3c2O)c(C)cc1N=Nc1ccc(N=Nc2ccc(SOO[O-])cc2)cc1.[Na+].[Na+].[Na+]. The number of nitrogens with one attached hydrogen (secondary N) is 2. The van der Waals surface area contributed by atoms with Crippen LogP contribution in [0.4, 0.5) is 45.5 Å². The minimum absolute atomic E-state index is 0. The van der Waals surface area contributed by atoms with E-state index in [0.717, 1.165) is 23.2 Å². The first-order valence-corrected chi connectivity index (χ1v) is 19.3. The number of hydrogen-bond donors (Lipinski definition) is 3. The molecule has 0 aliphatic rings. The van der Waals surface area contributed by atoms with E-state index >= 15 is 0 Å². The molecule has 6 rings (SSSR count). The van der Waals surface area contributed by atoms with Gasteiger partial charge in [-0.25, -0.2) is 0 Å². The number of phenolic OH excluding ortho intramolecular Hbond substituents is 1. The predicted octanol–water partition coefficient (Wildman–Crippen LogP) is -0.534. The predicted molar refractivity (Wildman–Crippen MR) is 218 cm³/mol. The number of carbonyl (C=O) groups is 1. The number of carboxylic acid groups (broad SMARTS) is 1. The minimum Gasteiger partial charge on any atom is -0.691 e. The fourth-order valence-corrected chi connectivity index (χ4v) is 6.20. The first-order valence-electron chi connectivity index (χ1n) is 17.8. The van der Waals surface area contributed by atoms with Crippen molar-refractivity contribution in [3.63, 3.8) is 0 Å². The topological polar surface area (TPSA) is 260 Å². The number of rotatable bonds is 21. The van der Waals surface area contributed by atoms with E-state index < -0.39 is 12.6 Å². The zero-order chi connectivity index (χ0) is 43.0. The number of phenols is 1. The van der Waals surface area contributed by atoms with Gasteiger partial charge in [0.2, 0.25) is 0 Å². The summed E-state index contributed by atoms with van der Waals surface area (Å²) in [5, 5.41) is 82.6. The van der Waals surface area contributed by atoms with Crippen LogP contribution < -0.4 is 120 Å². The Balaban J connectivity index is 0.00000363. The molecule has 0 radical (unpaired) electrons. The number of aliphatic carboxylic acids is 1. The molecule has 0 heterocycles. The Morgan fingerprint density at radius 3 is 1.77 bits per heavy atom. The maximum absolute atomic E-state index is 11.3. The Bertz CT molecular complexity index is 2530. The number of nitrogens with zero attached hydrogens (tertiary/aromatic N) is 6. The fraction of sp³-hybridized carbons (Fsp3) is 0.125. The molecule has 0 unspecified atom stereocenters. The number of aromatic hydroxyl groups is 1. The summed E-state index contributed by atoms with van der Waals surface area (Å²) in [6, 6.07) is 31.4. The molecule has 0 amide bonds. The van der Waals surface area contributed by atoms with Crippen LogP contribution in [-0.4, -0.2) is 31.1 Å². The van der Waals surface area contributed by atoms with Gasteiger partial charge in [0, 0.05) is 21.7 Å². The Kier molecular flexibility index (Phi) is 24.4. The summed E-state index contributed by atoms with van der Waals surface area (Å²) in [7, 11) is 0. The summed E-state index contributed by atoms with van der Waals surface area (Å²) in [6.07, 6.45) is 0. The molecule has 314 valence electrons. The second-order valence-corrected chi connectivity index (χ2v) is 14.0. The van der Waals surface area contributed by atoms with Gasteiger partial charge < -0.3 is 45.6 Å². The molecular weight excluding hydrogens is 902 g/mol. The van der Waals surface area contributed by atoms with Crippen LogP contribution in [0.15, 0.2) is 150 Å². The molecule has 0 bridgehead atoms. The van der Waals surface area contributed by atoms with Crippen LogP contribution in [0.2, 0.25) is 0 Å². The molecule has 0 fully saturated rings. The van der Waals surface area contributed by atoms with Crippen molar-refractivity contribution in [2.24, 2.45) is 30.7 Å². The first-order chi connectivity index (χ1) is 29.7. The van der Waals surface area contributed by atoms with Crippen LogP contribution in [0.5, 0.6) is 11.5 Å². The second-order valence-electron chi connectivity index (χ2n) is 12.5. The van der Waals surface area contributed by atoms with Gasteiger partial charge in [0.25, 0.3) is 0 Å². The molecule has 0 saturated carbocycles. The Morgan fingerprint density at radius 2 is 1.17 bits per heavy atom. The van der Waals surface area contributed by atoms with Crippen molar-refractivity contribution >= 4 is 86.3 Å². The van der Waals surface area contributed by atoms with Crippen molar-refractivity contribution in [1.82, 2.24) is 0 Å². The molecule has 0 atom stereocenters. The zero-order valence-corrected chi connectivity index (χ0v) is 42.7. The first kappa shape index (κ1) is 54.8. The van der Waals surface area contributed by atoms with Gasteiger partial charge in [-0.05, 0) is 140 Å². The molecule has 24 heteroatoms. The zero-order valence-electron chi connectivity index (χ0n) is 35.0. The number of carbonyl (C=O) groups excluding carboxylic acids is 1. The third kappa shape index (κ3) is 16.7. The molecule has 19 nitrogen and oxygen atoms in total.